The number of rotatable bonds is 5. The third-order valence-electron chi connectivity index (χ3n) is 3.04. The molecule has 0 amide bonds. The molecule has 0 spiro atoms. The summed E-state index contributed by atoms with van der Waals surface area (Å²) in [5.74, 6) is 0. The molecule has 2 aromatic rings. The minimum Gasteiger partial charge on any atom is -0.326 e. The Labute approximate surface area is 128 Å². The van der Waals surface area contributed by atoms with Crippen LogP contribution in [-0.4, -0.2) is 13.4 Å². The van der Waals surface area contributed by atoms with Gasteiger partial charge in [0.15, 0.2) is 0 Å². The van der Waals surface area contributed by atoms with Crippen molar-refractivity contribution in [3.8, 4) is 0 Å². The summed E-state index contributed by atoms with van der Waals surface area (Å²) in [5.41, 5.74) is 1.52. The number of benzene rings is 1. The molecule has 112 valence electrons. The number of hydrogen-bond donors (Lipinski definition) is 2. The molecule has 0 saturated carbocycles. The quantitative estimate of drug-likeness (QED) is 0.882. The van der Waals surface area contributed by atoms with Gasteiger partial charge < -0.3 is 4.98 Å². The Hall–Kier alpha value is -1.63. The Bertz CT molecular complexity index is 783. The Morgan fingerprint density at radius 3 is 2.38 bits per heavy atom. The lowest BCUT2D eigenvalue weighted by Gasteiger charge is -2.07. The van der Waals surface area contributed by atoms with Crippen molar-refractivity contribution in [1.82, 2.24) is 9.71 Å². The van der Waals surface area contributed by atoms with E-state index in [4.69, 9.17) is 11.6 Å². The standard InChI is InChI=1S/C14H15ClN2O3S/c1-2-10-3-5-11(6-4-10)8-17-21(19,20)12-7-13(15)14(18)16-9-12/h3-7,9,17H,2,8H2,1H3,(H,16,18). The molecule has 2 rings (SSSR count). The van der Waals surface area contributed by atoms with Gasteiger partial charge in [-0.05, 0) is 23.6 Å². The highest BCUT2D eigenvalue weighted by Gasteiger charge is 2.15. The number of aromatic amines is 1. The second-order valence-electron chi connectivity index (χ2n) is 4.51. The van der Waals surface area contributed by atoms with Gasteiger partial charge in [0.05, 0.1) is 4.90 Å². The predicted octanol–water partition coefficient (Wildman–Crippen LogP) is 2.07. The molecule has 1 aromatic heterocycles. The Morgan fingerprint density at radius 2 is 1.81 bits per heavy atom. The van der Waals surface area contributed by atoms with E-state index in [0.717, 1.165) is 24.2 Å². The SMILES string of the molecule is CCc1ccc(CNS(=O)(=O)c2c[nH]c(=O)c(Cl)c2)cc1. The van der Waals surface area contributed by atoms with Gasteiger partial charge in [0, 0.05) is 12.7 Å². The van der Waals surface area contributed by atoms with Crippen LogP contribution < -0.4 is 10.3 Å². The van der Waals surface area contributed by atoms with Crippen molar-refractivity contribution in [3.63, 3.8) is 0 Å². The highest BCUT2D eigenvalue weighted by molar-refractivity contribution is 7.89. The Morgan fingerprint density at radius 1 is 1.19 bits per heavy atom. The lowest BCUT2D eigenvalue weighted by atomic mass is 10.1. The summed E-state index contributed by atoms with van der Waals surface area (Å²) in [5, 5.41) is -0.162. The van der Waals surface area contributed by atoms with Crippen molar-refractivity contribution in [2.24, 2.45) is 0 Å². The van der Waals surface area contributed by atoms with Gasteiger partial charge >= 0.3 is 0 Å². The molecule has 2 N–H and O–H groups in total. The topological polar surface area (TPSA) is 79.0 Å². The van der Waals surface area contributed by atoms with E-state index in [1.807, 2.05) is 24.3 Å². The van der Waals surface area contributed by atoms with Crippen molar-refractivity contribution in [1.29, 1.82) is 0 Å². The summed E-state index contributed by atoms with van der Waals surface area (Å²) >= 11 is 5.63. The van der Waals surface area contributed by atoms with E-state index in [2.05, 4.69) is 16.6 Å². The third-order valence-corrected chi connectivity index (χ3v) is 4.70. The first-order chi connectivity index (χ1) is 9.92. The van der Waals surface area contributed by atoms with Gasteiger partial charge in [-0.2, -0.15) is 0 Å². The second kappa shape index (κ2) is 6.43. The number of pyridine rings is 1. The van der Waals surface area contributed by atoms with Crippen LogP contribution in [0.2, 0.25) is 5.02 Å². The van der Waals surface area contributed by atoms with Crippen molar-refractivity contribution < 1.29 is 8.42 Å². The van der Waals surface area contributed by atoms with Crippen LogP contribution in [0.5, 0.6) is 0 Å². The zero-order valence-corrected chi connectivity index (χ0v) is 13.0. The maximum atomic E-state index is 12.1. The van der Waals surface area contributed by atoms with Gasteiger partial charge in [-0.3, -0.25) is 4.79 Å². The van der Waals surface area contributed by atoms with Crippen molar-refractivity contribution >= 4 is 21.6 Å². The minimum atomic E-state index is -3.72. The smallest absolute Gasteiger partial charge is 0.266 e. The van der Waals surface area contributed by atoms with E-state index in [-0.39, 0.29) is 16.5 Å². The number of H-pyrrole nitrogens is 1. The van der Waals surface area contributed by atoms with E-state index in [1.165, 1.54) is 5.56 Å². The van der Waals surface area contributed by atoms with Crippen LogP contribution in [0.25, 0.3) is 0 Å². The Balaban J connectivity index is 2.13. The average molecular weight is 327 g/mol. The first-order valence-electron chi connectivity index (χ1n) is 6.38. The van der Waals surface area contributed by atoms with E-state index >= 15 is 0 Å². The molecular weight excluding hydrogens is 312 g/mol. The molecule has 0 aliphatic carbocycles. The summed E-state index contributed by atoms with van der Waals surface area (Å²) < 4.78 is 26.7. The van der Waals surface area contributed by atoms with Crippen LogP contribution in [0.15, 0.2) is 46.2 Å². The molecule has 0 aliphatic heterocycles. The number of sulfonamides is 1. The summed E-state index contributed by atoms with van der Waals surface area (Å²) in [7, 11) is -3.72. The summed E-state index contributed by atoms with van der Waals surface area (Å²) in [6.07, 6.45) is 2.05. The largest absolute Gasteiger partial charge is 0.326 e. The average Bonchev–Trinajstić information content (AvgIpc) is 2.48. The summed E-state index contributed by atoms with van der Waals surface area (Å²) in [6.45, 7) is 2.22. The first-order valence-corrected chi connectivity index (χ1v) is 8.24. The van der Waals surface area contributed by atoms with Crippen LogP contribution in [0, 0.1) is 0 Å². The minimum absolute atomic E-state index is 0.0720. The van der Waals surface area contributed by atoms with Crippen LogP contribution in [0.4, 0.5) is 0 Å². The lowest BCUT2D eigenvalue weighted by Crippen LogP contribution is -2.24. The molecule has 1 heterocycles. The highest BCUT2D eigenvalue weighted by Crippen LogP contribution is 2.11. The van der Waals surface area contributed by atoms with Crippen molar-refractivity contribution in [2.45, 2.75) is 24.8 Å². The first kappa shape index (κ1) is 15.8. The van der Waals surface area contributed by atoms with Gasteiger partial charge in [0.1, 0.15) is 5.02 Å². The van der Waals surface area contributed by atoms with E-state index in [1.54, 1.807) is 0 Å². The van der Waals surface area contributed by atoms with Crippen molar-refractivity contribution in [3.05, 3.63) is 63.0 Å². The predicted molar refractivity (Wildman–Crippen MR) is 81.9 cm³/mol. The number of hydrogen-bond acceptors (Lipinski definition) is 3. The molecule has 0 radical (unpaired) electrons. The molecule has 7 heteroatoms. The summed E-state index contributed by atoms with van der Waals surface area (Å²) in [6, 6.07) is 8.80. The molecule has 21 heavy (non-hydrogen) atoms. The zero-order valence-electron chi connectivity index (χ0n) is 11.4. The van der Waals surface area contributed by atoms with E-state index < -0.39 is 15.6 Å². The normalized spacial score (nSPS) is 11.5. The van der Waals surface area contributed by atoms with Gasteiger partial charge in [0.25, 0.3) is 5.56 Å². The number of nitrogens with one attached hydrogen (secondary N) is 2. The van der Waals surface area contributed by atoms with Crippen LogP contribution in [0.3, 0.4) is 0 Å². The molecule has 1 aromatic carbocycles. The molecular formula is C14H15ClN2O3S. The van der Waals surface area contributed by atoms with Crippen LogP contribution in [-0.2, 0) is 23.0 Å². The van der Waals surface area contributed by atoms with Gasteiger partial charge in [-0.15, -0.1) is 0 Å². The monoisotopic (exact) mass is 326 g/mol. The fourth-order valence-corrected chi connectivity index (χ4v) is 2.99. The second-order valence-corrected chi connectivity index (χ2v) is 6.68. The van der Waals surface area contributed by atoms with Gasteiger partial charge in [0.2, 0.25) is 10.0 Å². The van der Waals surface area contributed by atoms with E-state index in [9.17, 15) is 13.2 Å². The molecule has 0 saturated heterocycles. The van der Waals surface area contributed by atoms with Gasteiger partial charge in [-0.25, -0.2) is 13.1 Å². The fourth-order valence-electron chi connectivity index (χ4n) is 1.75. The molecule has 0 atom stereocenters. The molecule has 0 fully saturated rings. The fraction of sp³-hybridized carbons (Fsp3) is 0.214. The maximum absolute atomic E-state index is 12.1. The molecule has 5 nitrogen and oxygen atoms in total. The lowest BCUT2D eigenvalue weighted by molar-refractivity contribution is 0.581. The zero-order chi connectivity index (χ0) is 15.5. The molecule has 0 unspecified atom stereocenters. The number of aryl methyl sites for hydroxylation is 1. The summed E-state index contributed by atoms with van der Waals surface area (Å²) in [4.78, 5) is 13.3. The third kappa shape index (κ3) is 3.93. The molecule has 0 aliphatic rings. The van der Waals surface area contributed by atoms with Gasteiger partial charge in [-0.1, -0.05) is 42.8 Å². The van der Waals surface area contributed by atoms with Crippen molar-refractivity contribution in [2.75, 3.05) is 0 Å². The van der Waals surface area contributed by atoms with E-state index in [0.29, 0.717) is 0 Å². The Kier molecular flexibility index (Phi) is 4.82. The van der Waals surface area contributed by atoms with Crippen LogP contribution in [0.1, 0.15) is 18.1 Å². The maximum Gasteiger partial charge on any atom is 0.266 e. The number of aromatic nitrogens is 1. The van der Waals surface area contributed by atoms with Crippen LogP contribution >= 0.6 is 11.6 Å². The number of halogens is 1. The molecule has 0 bridgehead atoms. The highest BCUT2D eigenvalue weighted by atomic mass is 35.5.